The Morgan fingerprint density at radius 2 is 1.12 bits per heavy atom. The molecule has 0 saturated carbocycles. The highest BCUT2D eigenvalue weighted by Crippen LogP contribution is 2.51. The molecular formula is C55H40N2. The van der Waals surface area contributed by atoms with E-state index >= 15 is 0 Å². The minimum absolute atomic E-state index is 0.257. The van der Waals surface area contributed by atoms with Gasteiger partial charge >= 0.3 is 0 Å². The Labute approximate surface area is 385 Å². The van der Waals surface area contributed by atoms with Gasteiger partial charge in [0.1, 0.15) is 0 Å². The topological polar surface area (TPSA) is 8.17 Å². The van der Waals surface area contributed by atoms with Gasteiger partial charge in [-0.05, 0) is 110 Å². The highest BCUT2D eigenvalue weighted by atomic mass is 15.1. The number of hydrogen-bond donors (Lipinski definition) is 0. The molecule has 0 fully saturated rings. The quantitative estimate of drug-likeness (QED) is 0.164. The first-order valence-electron chi connectivity index (χ1n) is 35.3. The van der Waals surface area contributed by atoms with E-state index in [2.05, 4.69) is 0 Å². The Morgan fingerprint density at radius 3 is 1.98 bits per heavy atom. The summed E-state index contributed by atoms with van der Waals surface area (Å²) in [4.78, 5) is 0.257. The van der Waals surface area contributed by atoms with E-state index in [1.54, 1.807) is 0 Å². The van der Waals surface area contributed by atoms with Crippen LogP contribution in [0.15, 0.2) is 205 Å². The Morgan fingerprint density at radius 1 is 0.456 bits per heavy atom. The third-order valence-corrected chi connectivity index (χ3v) is 9.31. The molecule has 270 valence electrons. The van der Waals surface area contributed by atoms with Crippen LogP contribution in [0.25, 0.3) is 71.6 Å². The molecule has 1 heterocycles. The zero-order valence-electron chi connectivity index (χ0n) is 65.9. The van der Waals surface area contributed by atoms with Gasteiger partial charge in [-0.2, -0.15) is 0 Å². The number of hydrogen-bond acceptors (Lipinski definition) is 1. The van der Waals surface area contributed by atoms with Gasteiger partial charge < -0.3 is 9.47 Å². The molecule has 10 aromatic rings. The molecular weight excluding hydrogens is 689 g/mol. The Balaban J connectivity index is 1.33. The van der Waals surface area contributed by atoms with Gasteiger partial charge in [-0.15, -0.1) is 0 Å². The number of benzene rings is 9. The number of nitrogens with zero attached hydrogens (tertiary/aromatic N) is 2. The molecule has 1 aliphatic carbocycles. The van der Waals surface area contributed by atoms with E-state index in [9.17, 15) is 21.9 Å². The molecule has 0 aliphatic heterocycles. The average molecular weight is 766 g/mol. The summed E-state index contributed by atoms with van der Waals surface area (Å²) >= 11 is 0. The molecule has 0 amide bonds. The maximum atomic E-state index is 10.1. The minimum atomic E-state index is -3.50. The molecule has 0 saturated heterocycles. The van der Waals surface area contributed by atoms with Crippen molar-refractivity contribution in [2.24, 2.45) is 0 Å². The number of fused-ring (bicyclic) bond motifs is 7. The lowest BCUT2D eigenvalue weighted by Crippen LogP contribution is -2.16. The number of anilines is 3. The normalized spacial score (nSPS) is 23.9. The maximum absolute atomic E-state index is 10.1. The fourth-order valence-corrected chi connectivity index (χ4v) is 6.72. The number of rotatable bonds is 6. The van der Waals surface area contributed by atoms with Crippen molar-refractivity contribution in [1.29, 1.82) is 0 Å². The van der Waals surface area contributed by atoms with Gasteiger partial charge in [-0.1, -0.05) is 159 Å². The molecule has 57 heavy (non-hydrogen) atoms. The first kappa shape index (κ1) is 12.7. The monoisotopic (exact) mass is 766 g/mol. The van der Waals surface area contributed by atoms with Crippen LogP contribution >= 0.6 is 0 Å². The lowest BCUT2D eigenvalue weighted by molar-refractivity contribution is 0.660. The summed E-state index contributed by atoms with van der Waals surface area (Å²) in [6, 6.07) is -37.6. The summed E-state index contributed by atoms with van der Waals surface area (Å²) in [6.07, 6.45) is 0. The average Bonchev–Trinajstić information content (AvgIpc) is 1.48. The zero-order chi connectivity index (χ0) is 70.2. The fraction of sp³-hybridized carbons (Fsp3) is 0.0545. The van der Waals surface area contributed by atoms with Crippen LogP contribution in [0.2, 0.25) is 0 Å². The summed E-state index contributed by atoms with van der Waals surface area (Å²) in [5, 5.41) is -2.74. The molecule has 2 heteroatoms. The van der Waals surface area contributed by atoms with Crippen LogP contribution in [-0.4, -0.2) is 4.57 Å². The third kappa shape index (κ3) is 5.33. The van der Waals surface area contributed by atoms with Crippen molar-refractivity contribution in [3.05, 3.63) is 217 Å². The number of aromatic nitrogens is 1. The van der Waals surface area contributed by atoms with E-state index in [-0.39, 0.29) is 4.90 Å². The standard InChI is InChI=1S/C55H40N2/c1-55(2)50-21-11-8-19-46(50)47-32-31-44(36-51(47)55)56(52-22-12-9-18-45(52)39-15-4-3-5-16-39)42-28-24-38(25-29-42)41-27-33-54-49(35-41)48-20-10-13-23-53(48)57(54)43-30-26-37-14-6-7-17-40(37)34-43/h3-36H,1-2H3/i1D3,3D,4D,5D,6D,7D,8D,9D,10D,11D,12D,13D,14D,15D,16D,17D,18D,19D,20D,21D,22D,23D,24D,25D,26D,27D,28D,29D,30D,31D,32D,33D,34D,35D,36D. The molecule has 0 bridgehead atoms. The SMILES string of the molecule is [2H]c1c([2H])c([2H])c(-c2c([2H])c([2H])c([2H])c([2H])c2N(c2c([2H])c([2H])c(-c3c([2H])c([2H])c4c(c3[2H])c3c([2H])c([2H])c([2H])c([2H])c3n4-c3c([2H])c([2H])c4c([2H])c([2H])c([2H])c([2H])c4c3[2H])c([2H])c2[2H])c2c([2H])c([2H])c3c(c2[2H])C(C)(C([2H])([2H])[2H])c2c([2H])c([2H])c([2H])c([2H])c2-3)c([2H])c1[2H]. The highest BCUT2D eigenvalue weighted by molar-refractivity contribution is 6.10. The van der Waals surface area contributed by atoms with Crippen molar-refractivity contribution < 1.29 is 50.7 Å². The smallest absolute Gasteiger partial charge is 0.0651 e. The van der Waals surface area contributed by atoms with Crippen molar-refractivity contribution in [1.82, 2.24) is 4.57 Å². The molecule has 0 spiro atoms. The molecule has 1 unspecified atom stereocenters. The summed E-state index contributed by atoms with van der Waals surface area (Å²) < 4.78 is 339. The van der Waals surface area contributed by atoms with Gasteiger partial charge in [0.15, 0.2) is 0 Å². The van der Waals surface area contributed by atoms with Gasteiger partial charge in [0.2, 0.25) is 0 Å². The predicted molar refractivity (Wildman–Crippen MR) is 241 cm³/mol. The molecule has 0 N–H and O–H groups in total. The first-order valence-corrected chi connectivity index (χ1v) is 16.8. The van der Waals surface area contributed by atoms with Gasteiger partial charge in [-0.3, -0.25) is 0 Å². The highest BCUT2D eigenvalue weighted by Gasteiger charge is 2.36. The zero-order valence-corrected chi connectivity index (χ0v) is 28.9. The number of para-hydroxylation sites is 2. The van der Waals surface area contributed by atoms with E-state index in [0.717, 1.165) is 6.92 Å². The lowest BCUT2D eigenvalue weighted by atomic mass is 9.82. The van der Waals surface area contributed by atoms with Crippen LogP contribution in [0.4, 0.5) is 17.1 Å². The first-order chi connectivity index (χ1) is 43.5. The van der Waals surface area contributed by atoms with Gasteiger partial charge in [0, 0.05) is 42.9 Å². The van der Waals surface area contributed by atoms with Crippen molar-refractivity contribution in [2.45, 2.75) is 19.2 Å². The summed E-state index contributed by atoms with van der Waals surface area (Å²) in [7, 11) is 0. The largest absolute Gasteiger partial charge is 0.310 e. The summed E-state index contributed by atoms with van der Waals surface area (Å²) in [5.41, 5.74) is -16.3. The van der Waals surface area contributed by atoms with Gasteiger partial charge in [0.25, 0.3) is 0 Å². The van der Waals surface area contributed by atoms with Crippen LogP contribution in [0.5, 0.6) is 0 Å². The van der Waals surface area contributed by atoms with E-state index in [0.29, 0.717) is 4.57 Å². The van der Waals surface area contributed by atoms with Crippen LogP contribution in [0, 0.1) is 0 Å². The Kier molecular flexibility index (Phi) is 2.88. The van der Waals surface area contributed by atoms with Crippen LogP contribution in [-0.2, 0) is 5.41 Å². The minimum Gasteiger partial charge on any atom is -0.310 e. The summed E-state index contributed by atoms with van der Waals surface area (Å²) in [6.45, 7) is -2.57. The van der Waals surface area contributed by atoms with Crippen LogP contribution in [0.3, 0.4) is 0 Å². The fourth-order valence-electron chi connectivity index (χ4n) is 6.72. The van der Waals surface area contributed by atoms with E-state index in [4.69, 9.17) is 28.8 Å². The molecule has 9 aromatic carbocycles. The predicted octanol–water partition coefficient (Wildman–Crippen LogP) is 15.0. The van der Waals surface area contributed by atoms with Gasteiger partial charge in [0.05, 0.1) is 63.3 Å². The molecule has 11 rings (SSSR count). The summed E-state index contributed by atoms with van der Waals surface area (Å²) in [5.74, 6) is 0. The van der Waals surface area contributed by atoms with Crippen molar-refractivity contribution in [2.75, 3.05) is 4.90 Å². The van der Waals surface area contributed by atoms with E-state index in [1.165, 1.54) is 0 Å². The van der Waals surface area contributed by atoms with Gasteiger partial charge in [-0.25, -0.2) is 0 Å². The second-order valence-electron chi connectivity index (χ2n) is 12.6. The van der Waals surface area contributed by atoms with Crippen molar-refractivity contribution in [3.63, 3.8) is 0 Å². The molecule has 1 aliphatic rings. The van der Waals surface area contributed by atoms with E-state index in [1.807, 2.05) is 0 Å². The van der Waals surface area contributed by atoms with E-state index < -0.39 is 318 Å². The molecule has 1 atom stereocenters. The second-order valence-corrected chi connectivity index (χ2v) is 12.6. The molecule has 0 radical (unpaired) electrons. The third-order valence-electron chi connectivity index (χ3n) is 9.31. The maximum Gasteiger partial charge on any atom is 0.0651 e. The lowest BCUT2D eigenvalue weighted by Gasteiger charge is -2.30. The molecule has 2 nitrogen and oxygen atoms in total. The van der Waals surface area contributed by atoms with Crippen LogP contribution in [0.1, 0.15) is 75.6 Å². The second kappa shape index (κ2) is 13.0. The van der Waals surface area contributed by atoms with Crippen LogP contribution < -0.4 is 4.90 Å². The Hall–Kier alpha value is -7.16. The van der Waals surface area contributed by atoms with Crippen molar-refractivity contribution >= 4 is 49.6 Å². The molecule has 1 aromatic heterocycles. The van der Waals surface area contributed by atoms with Crippen molar-refractivity contribution in [3.8, 4) is 39.1 Å². The Bertz CT molecular complexity index is 5200.